The number of likely N-dealkylation sites (tertiary alicyclic amines) is 1. The summed E-state index contributed by atoms with van der Waals surface area (Å²) < 4.78 is 2.06. The summed E-state index contributed by atoms with van der Waals surface area (Å²) in [7, 11) is 0. The maximum absolute atomic E-state index is 13.7. The van der Waals surface area contributed by atoms with Gasteiger partial charge in [0, 0.05) is 30.4 Å². The zero-order valence-electron chi connectivity index (χ0n) is 25.4. The Kier molecular flexibility index (Phi) is 9.03. The molecule has 222 valence electrons. The molecule has 2 aromatic carbocycles. The fraction of sp³-hybridized carbons (Fsp3) is 0.243. The number of imidazole rings is 1. The Morgan fingerprint density at radius 2 is 1.68 bits per heavy atom. The standard InChI is InChI=1S/C37H38N6O/c1-28-15-17-30(18-16-28)33(20-25-41-22-6-7-23-41)34-14-8-12-32(40-34)13-9-24-42(37(44)31-10-4-3-5-11-31)27-43-29(2)39-35-26-38-21-19-36(35)43/h3-5,8-21,26H,6-7,22-25,27H2,1-2H3/b13-9+,33-20+. The number of carbonyl (C=O) groups is 1. The van der Waals surface area contributed by atoms with Crippen LogP contribution in [0.2, 0.25) is 0 Å². The minimum atomic E-state index is -0.0428. The van der Waals surface area contributed by atoms with Gasteiger partial charge in [0.25, 0.3) is 5.91 Å². The van der Waals surface area contributed by atoms with Crippen molar-refractivity contribution in [3.8, 4) is 0 Å². The van der Waals surface area contributed by atoms with Crippen molar-refractivity contribution in [1.82, 2.24) is 29.3 Å². The molecule has 0 N–H and O–H groups in total. The predicted molar refractivity (Wildman–Crippen MR) is 177 cm³/mol. The molecule has 5 aromatic rings. The van der Waals surface area contributed by atoms with Gasteiger partial charge in [-0.05, 0) is 81.7 Å². The minimum Gasteiger partial charge on any atom is -0.317 e. The molecule has 3 aromatic heterocycles. The zero-order valence-corrected chi connectivity index (χ0v) is 25.4. The molecule has 0 atom stereocenters. The van der Waals surface area contributed by atoms with E-state index >= 15 is 0 Å². The topological polar surface area (TPSA) is 67.2 Å². The Morgan fingerprint density at radius 3 is 2.48 bits per heavy atom. The number of pyridine rings is 2. The van der Waals surface area contributed by atoms with Crippen LogP contribution in [-0.2, 0) is 6.67 Å². The maximum Gasteiger partial charge on any atom is 0.255 e. The van der Waals surface area contributed by atoms with Crippen molar-refractivity contribution in [2.45, 2.75) is 33.4 Å². The number of fused-ring (bicyclic) bond motifs is 1. The lowest BCUT2D eigenvalue weighted by atomic mass is 10.00. The lowest BCUT2D eigenvalue weighted by Crippen LogP contribution is -2.33. The number of rotatable bonds is 10. The first-order chi connectivity index (χ1) is 21.5. The molecule has 1 saturated heterocycles. The summed E-state index contributed by atoms with van der Waals surface area (Å²) >= 11 is 0. The van der Waals surface area contributed by atoms with Crippen LogP contribution in [0.4, 0.5) is 0 Å². The van der Waals surface area contributed by atoms with E-state index in [1.165, 1.54) is 24.0 Å². The quantitative estimate of drug-likeness (QED) is 0.182. The highest BCUT2D eigenvalue weighted by molar-refractivity contribution is 5.94. The van der Waals surface area contributed by atoms with Crippen LogP contribution in [0.15, 0.2) is 103 Å². The Bertz CT molecular complexity index is 1780. The molecule has 7 heteroatoms. The first-order valence-corrected chi connectivity index (χ1v) is 15.3. The van der Waals surface area contributed by atoms with Crippen LogP contribution in [0.5, 0.6) is 0 Å². The average Bonchev–Trinajstić information content (AvgIpc) is 3.69. The Morgan fingerprint density at radius 1 is 0.886 bits per heavy atom. The molecular weight excluding hydrogens is 544 g/mol. The second kappa shape index (κ2) is 13.6. The molecule has 0 unspecified atom stereocenters. The van der Waals surface area contributed by atoms with Crippen molar-refractivity contribution in [2.75, 3.05) is 26.2 Å². The van der Waals surface area contributed by atoms with Gasteiger partial charge < -0.3 is 9.47 Å². The average molecular weight is 583 g/mol. The fourth-order valence-electron chi connectivity index (χ4n) is 5.70. The first-order valence-electron chi connectivity index (χ1n) is 15.3. The monoisotopic (exact) mass is 582 g/mol. The van der Waals surface area contributed by atoms with Gasteiger partial charge in [-0.3, -0.25) is 14.7 Å². The summed E-state index contributed by atoms with van der Waals surface area (Å²) in [5.74, 6) is 0.792. The Labute approximate surface area is 259 Å². The zero-order chi connectivity index (χ0) is 30.3. The highest BCUT2D eigenvalue weighted by Gasteiger charge is 2.18. The number of benzene rings is 2. The van der Waals surface area contributed by atoms with Gasteiger partial charge in [-0.25, -0.2) is 9.97 Å². The van der Waals surface area contributed by atoms with Crippen molar-refractivity contribution in [3.63, 3.8) is 0 Å². The molecule has 0 aliphatic carbocycles. The van der Waals surface area contributed by atoms with Crippen molar-refractivity contribution in [2.24, 2.45) is 0 Å². The summed E-state index contributed by atoms with van der Waals surface area (Å²) in [6.45, 7) is 8.07. The predicted octanol–water partition coefficient (Wildman–Crippen LogP) is 6.78. The van der Waals surface area contributed by atoms with Crippen LogP contribution in [0, 0.1) is 13.8 Å². The van der Waals surface area contributed by atoms with E-state index in [2.05, 4.69) is 68.8 Å². The van der Waals surface area contributed by atoms with Crippen LogP contribution < -0.4 is 0 Å². The fourth-order valence-corrected chi connectivity index (χ4v) is 5.70. The van der Waals surface area contributed by atoms with Crippen molar-refractivity contribution in [3.05, 3.63) is 137 Å². The third kappa shape index (κ3) is 6.84. The third-order valence-corrected chi connectivity index (χ3v) is 8.14. The molecule has 6 rings (SSSR count). The normalized spacial score (nSPS) is 14.1. The van der Waals surface area contributed by atoms with E-state index < -0.39 is 0 Å². The first kappa shape index (κ1) is 29.2. The molecule has 0 bridgehead atoms. The summed E-state index contributed by atoms with van der Waals surface area (Å²) in [4.78, 5) is 31.9. The molecule has 1 amide bonds. The number of amides is 1. The molecule has 1 aliphatic heterocycles. The van der Waals surface area contributed by atoms with Crippen LogP contribution >= 0.6 is 0 Å². The number of nitrogens with zero attached hydrogens (tertiary/aromatic N) is 6. The van der Waals surface area contributed by atoms with Crippen LogP contribution in [0.3, 0.4) is 0 Å². The lowest BCUT2D eigenvalue weighted by molar-refractivity contribution is 0.0727. The van der Waals surface area contributed by atoms with Gasteiger partial charge in [0.1, 0.15) is 11.3 Å². The van der Waals surface area contributed by atoms with Gasteiger partial charge in [-0.15, -0.1) is 0 Å². The van der Waals surface area contributed by atoms with E-state index in [-0.39, 0.29) is 5.91 Å². The highest BCUT2D eigenvalue weighted by Crippen LogP contribution is 2.24. The van der Waals surface area contributed by atoms with Crippen molar-refractivity contribution >= 4 is 28.6 Å². The second-order valence-electron chi connectivity index (χ2n) is 11.3. The Hall–Kier alpha value is -4.88. The van der Waals surface area contributed by atoms with Crippen molar-refractivity contribution < 1.29 is 4.79 Å². The van der Waals surface area contributed by atoms with E-state index in [1.807, 2.05) is 66.4 Å². The van der Waals surface area contributed by atoms with Gasteiger partial charge in [0.05, 0.1) is 29.8 Å². The van der Waals surface area contributed by atoms with Gasteiger partial charge in [-0.2, -0.15) is 0 Å². The van der Waals surface area contributed by atoms with E-state index in [0.29, 0.717) is 18.8 Å². The third-order valence-electron chi connectivity index (χ3n) is 8.14. The van der Waals surface area contributed by atoms with Gasteiger partial charge in [0.2, 0.25) is 0 Å². The molecule has 0 spiro atoms. The van der Waals surface area contributed by atoms with E-state index in [0.717, 1.165) is 53.5 Å². The number of aryl methyl sites for hydroxylation is 2. The summed E-state index contributed by atoms with van der Waals surface area (Å²) in [6, 6.07) is 26.2. The number of hydrogen-bond acceptors (Lipinski definition) is 5. The van der Waals surface area contributed by atoms with Crippen LogP contribution in [0.25, 0.3) is 22.7 Å². The van der Waals surface area contributed by atoms with Gasteiger partial charge in [0.15, 0.2) is 0 Å². The van der Waals surface area contributed by atoms with Gasteiger partial charge >= 0.3 is 0 Å². The maximum atomic E-state index is 13.7. The van der Waals surface area contributed by atoms with Gasteiger partial charge in [-0.1, -0.05) is 66.2 Å². The summed E-state index contributed by atoms with van der Waals surface area (Å²) in [6.07, 6.45) is 12.4. The molecular formula is C37H38N6O. The number of hydrogen-bond donors (Lipinski definition) is 0. The molecule has 4 heterocycles. The molecule has 1 aliphatic rings. The van der Waals surface area contributed by atoms with Crippen LogP contribution in [0.1, 0.15) is 51.5 Å². The van der Waals surface area contributed by atoms with Crippen LogP contribution in [-0.4, -0.2) is 61.4 Å². The Balaban J connectivity index is 1.26. The smallest absolute Gasteiger partial charge is 0.255 e. The molecule has 44 heavy (non-hydrogen) atoms. The largest absolute Gasteiger partial charge is 0.317 e. The highest BCUT2D eigenvalue weighted by atomic mass is 16.2. The summed E-state index contributed by atoms with van der Waals surface area (Å²) in [5.41, 5.74) is 7.76. The molecule has 1 fully saturated rings. The number of carbonyl (C=O) groups excluding carboxylic acids is 1. The second-order valence-corrected chi connectivity index (χ2v) is 11.3. The number of aromatic nitrogens is 4. The van der Waals surface area contributed by atoms with E-state index in [9.17, 15) is 4.79 Å². The molecule has 7 nitrogen and oxygen atoms in total. The molecule has 0 radical (unpaired) electrons. The SMILES string of the molecule is Cc1ccc(/C(=C\CN2CCCC2)c2cccc(/C=C/CN(Cn3c(C)nc4cnccc43)C(=O)c3ccccc3)n2)cc1. The summed E-state index contributed by atoms with van der Waals surface area (Å²) in [5, 5.41) is 0. The van der Waals surface area contributed by atoms with E-state index in [4.69, 9.17) is 4.98 Å². The minimum absolute atomic E-state index is 0.0428. The van der Waals surface area contributed by atoms with Crippen molar-refractivity contribution in [1.29, 1.82) is 0 Å². The molecule has 0 saturated carbocycles. The van der Waals surface area contributed by atoms with E-state index in [1.54, 1.807) is 12.4 Å². The lowest BCUT2D eigenvalue weighted by Gasteiger charge is -2.23.